The topological polar surface area (TPSA) is 55.2 Å². The SMILES string of the molecule is Cc1cc(C)n(CC2CCN(S(=O)(=O)c3ccc(C)s3)CC2)n1. The van der Waals surface area contributed by atoms with Crippen LogP contribution in [0.5, 0.6) is 0 Å². The molecule has 0 aliphatic carbocycles. The molecule has 3 rings (SSSR count). The Morgan fingerprint density at radius 2 is 1.91 bits per heavy atom. The van der Waals surface area contributed by atoms with E-state index in [1.165, 1.54) is 17.0 Å². The third kappa shape index (κ3) is 3.51. The Morgan fingerprint density at radius 1 is 1.22 bits per heavy atom. The van der Waals surface area contributed by atoms with Crippen LogP contribution in [0.15, 0.2) is 22.4 Å². The fraction of sp³-hybridized carbons (Fsp3) is 0.562. The Morgan fingerprint density at radius 3 is 2.43 bits per heavy atom. The second kappa shape index (κ2) is 6.37. The van der Waals surface area contributed by atoms with Crippen LogP contribution in [0.25, 0.3) is 0 Å². The molecule has 1 aliphatic heterocycles. The molecule has 5 nitrogen and oxygen atoms in total. The van der Waals surface area contributed by atoms with Crippen molar-refractivity contribution in [2.75, 3.05) is 13.1 Å². The van der Waals surface area contributed by atoms with Crippen molar-refractivity contribution in [1.82, 2.24) is 14.1 Å². The van der Waals surface area contributed by atoms with Gasteiger partial charge in [-0.3, -0.25) is 4.68 Å². The number of hydrogen-bond acceptors (Lipinski definition) is 4. The van der Waals surface area contributed by atoms with Crippen LogP contribution in [0.1, 0.15) is 29.1 Å². The molecule has 1 aliphatic rings. The van der Waals surface area contributed by atoms with Gasteiger partial charge in [-0.1, -0.05) is 0 Å². The van der Waals surface area contributed by atoms with Gasteiger partial charge in [-0.15, -0.1) is 11.3 Å². The van der Waals surface area contributed by atoms with Gasteiger partial charge in [0, 0.05) is 30.2 Å². The summed E-state index contributed by atoms with van der Waals surface area (Å²) in [5, 5.41) is 4.51. The fourth-order valence-corrected chi connectivity index (χ4v) is 6.02. The number of sulfonamides is 1. The van der Waals surface area contributed by atoms with Gasteiger partial charge in [-0.2, -0.15) is 9.40 Å². The van der Waals surface area contributed by atoms with Gasteiger partial charge in [0.1, 0.15) is 4.21 Å². The van der Waals surface area contributed by atoms with E-state index in [1.807, 2.05) is 24.6 Å². The van der Waals surface area contributed by atoms with Gasteiger partial charge in [0.15, 0.2) is 0 Å². The molecule has 0 aromatic carbocycles. The summed E-state index contributed by atoms with van der Waals surface area (Å²) in [5.41, 5.74) is 2.21. The molecule has 0 unspecified atom stereocenters. The molecular weight excluding hydrogens is 330 g/mol. The Kier molecular flexibility index (Phi) is 4.62. The highest BCUT2D eigenvalue weighted by molar-refractivity contribution is 7.91. The minimum Gasteiger partial charge on any atom is -0.269 e. The highest BCUT2D eigenvalue weighted by atomic mass is 32.2. The molecule has 0 amide bonds. The smallest absolute Gasteiger partial charge is 0.252 e. The van der Waals surface area contributed by atoms with Crippen molar-refractivity contribution >= 4 is 21.4 Å². The van der Waals surface area contributed by atoms with Gasteiger partial charge in [-0.05, 0) is 57.7 Å². The molecule has 126 valence electrons. The average Bonchev–Trinajstić information content (AvgIpc) is 3.06. The maximum atomic E-state index is 12.6. The van der Waals surface area contributed by atoms with Gasteiger partial charge in [0.2, 0.25) is 0 Å². The highest BCUT2D eigenvalue weighted by Gasteiger charge is 2.30. The van der Waals surface area contributed by atoms with E-state index in [2.05, 4.69) is 18.1 Å². The fourth-order valence-electron chi connectivity index (χ4n) is 3.11. The van der Waals surface area contributed by atoms with Crippen molar-refractivity contribution < 1.29 is 8.42 Å². The van der Waals surface area contributed by atoms with E-state index >= 15 is 0 Å². The Hall–Kier alpha value is -1.18. The lowest BCUT2D eigenvalue weighted by Gasteiger charge is -2.31. The summed E-state index contributed by atoms with van der Waals surface area (Å²) in [7, 11) is -3.31. The number of nitrogens with zero attached hydrogens (tertiary/aromatic N) is 3. The molecule has 0 spiro atoms. The lowest BCUT2D eigenvalue weighted by Crippen LogP contribution is -2.39. The molecule has 3 heterocycles. The van der Waals surface area contributed by atoms with Crippen LogP contribution in [-0.2, 0) is 16.6 Å². The molecular formula is C16H23N3O2S2. The minimum atomic E-state index is -3.31. The second-order valence-corrected chi connectivity index (χ2v) is 9.77. The van der Waals surface area contributed by atoms with Gasteiger partial charge in [0.25, 0.3) is 10.0 Å². The number of rotatable bonds is 4. The number of aryl methyl sites for hydroxylation is 3. The van der Waals surface area contributed by atoms with Crippen molar-refractivity contribution in [3.05, 3.63) is 34.5 Å². The number of hydrogen-bond donors (Lipinski definition) is 0. The van der Waals surface area contributed by atoms with Crippen LogP contribution >= 0.6 is 11.3 Å². The molecule has 0 bridgehead atoms. The average molecular weight is 354 g/mol. The van der Waals surface area contributed by atoms with Gasteiger partial charge in [-0.25, -0.2) is 8.42 Å². The van der Waals surface area contributed by atoms with E-state index in [-0.39, 0.29) is 0 Å². The van der Waals surface area contributed by atoms with Crippen molar-refractivity contribution in [1.29, 1.82) is 0 Å². The highest BCUT2D eigenvalue weighted by Crippen LogP contribution is 2.28. The number of aromatic nitrogens is 2. The lowest BCUT2D eigenvalue weighted by atomic mass is 9.98. The molecule has 2 aromatic rings. The summed E-state index contributed by atoms with van der Waals surface area (Å²) < 4.78 is 29.4. The monoisotopic (exact) mass is 353 g/mol. The van der Waals surface area contributed by atoms with Crippen molar-refractivity contribution in [2.24, 2.45) is 5.92 Å². The van der Waals surface area contributed by atoms with Crippen LogP contribution in [-0.4, -0.2) is 35.6 Å². The van der Waals surface area contributed by atoms with Crippen LogP contribution in [0.2, 0.25) is 0 Å². The third-order valence-electron chi connectivity index (χ3n) is 4.42. The first-order chi connectivity index (χ1) is 10.9. The number of thiophene rings is 1. The molecule has 23 heavy (non-hydrogen) atoms. The molecule has 1 fully saturated rings. The van der Waals surface area contributed by atoms with Crippen LogP contribution in [0.3, 0.4) is 0 Å². The van der Waals surface area contributed by atoms with Gasteiger partial charge >= 0.3 is 0 Å². The first kappa shape index (κ1) is 16.7. The van der Waals surface area contributed by atoms with E-state index in [0.717, 1.165) is 30.0 Å². The third-order valence-corrected chi connectivity index (χ3v) is 7.78. The lowest BCUT2D eigenvalue weighted by molar-refractivity contribution is 0.246. The molecule has 2 aromatic heterocycles. The standard InChI is InChI=1S/C16H23N3O2S2/c1-12-10-13(2)19(17-12)11-15-6-8-18(9-7-15)23(20,21)16-5-4-14(3)22-16/h4-5,10,15H,6-9,11H2,1-3H3. The summed E-state index contributed by atoms with van der Waals surface area (Å²) in [4.78, 5) is 1.03. The quantitative estimate of drug-likeness (QED) is 0.849. The Balaban J connectivity index is 1.63. The summed E-state index contributed by atoms with van der Waals surface area (Å²) in [6, 6.07) is 5.67. The number of piperidine rings is 1. The van der Waals surface area contributed by atoms with E-state index < -0.39 is 10.0 Å². The van der Waals surface area contributed by atoms with Crippen molar-refractivity contribution in [3.8, 4) is 0 Å². The molecule has 0 saturated carbocycles. The van der Waals surface area contributed by atoms with E-state index in [0.29, 0.717) is 23.2 Å². The maximum Gasteiger partial charge on any atom is 0.252 e. The first-order valence-electron chi connectivity index (χ1n) is 7.94. The summed E-state index contributed by atoms with van der Waals surface area (Å²) in [5.74, 6) is 0.490. The van der Waals surface area contributed by atoms with E-state index in [1.54, 1.807) is 10.4 Å². The molecule has 7 heteroatoms. The van der Waals surface area contributed by atoms with E-state index in [4.69, 9.17) is 0 Å². The first-order valence-corrected chi connectivity index (χ1v) is 10.2. The zero-order valence-corrected chi connectivity index (χ0v) is 15.5. The molecule has 0 N–H and O–H groups in total. The zero-order valence-electron chi connectivity index (χ0n) is 13.8. The predicted octanol–water partition coefficient (Wildman–Crippen LogP) is 2.97. The zero-order chi connectivity index (χ0) is 16.6. The maximum absolute atomic E-state index is 12.6. The molecule has 1 saturated heterocycles. The largest absolute Gasteiger partial charge is 0.269 e. The van der Waals surface area contributed by atoms with Gasteiger partial charge < -0.3 is 0 Å². The molecule has 0 radical (unpaired) electrons. The van der Waals surface area contributed by atoms with Crippen LogP contribution in [0, 0.1) is 26.7 Å². The van der Waals surface area contributed by atoms with E-state index in [9.17, 15) is 8.42 Å². The second-order valence-electron chi connectivity index (χ2n) is 6.32. The van der Waals surface area contributed by atoms with Crippen molar-refractivity contribution in [2.45, 2.75) is 44.4 Å². The predicted molar refractivity (Wildman–Crippen MR) is 92.2 cm³/mol. The Bertz CT molecular complexity index is 784. The Labute approximate surface area is 142 Å². The summed E-state index contributed by atoms with van der Waals surface area (Å²) >= 11 is 1.35. The minimum absolute atomic E-state index is 0.465. The molecule has 0 atom stereocenters. The summed E-state index contributed by atoms with van der Waals surface area (Å²) in [6.45, 7) is 8.09. The van der Waals surface area contributed by atoms with Gasteiger partial charge in [0.05, 0.1) is 5.69 Å². The van der Waals surface area contributed by atoms with Crippen LogP contribution < -0.4 is 0 Å². The van der Waals surface area contributed by atoms with Crippen molar-refractivity contribution in [3.63, 3.8) is 0 Å². The van der Waals surface area contributed by atoms with Crippen LogP contribution in [0.4, 0.5) is 0 Å². The summed E-state index contributed by atoms with van der Waals surface area (Å²) in [6.07, 6.45) is 1.78. The normalized spacial score (nSPS) is 17.7.